The summed E-state index contributed by atoms with van der Waals surface area (Å²) in [5.41, 5.74) is 1.96. The van der Waals surface area contributed by atoms with Crippen molar-refractivity contribution in [2.75, 3.05) is 0 Å². The van der Waals surface area contributed by atoms with Crippen LogP contribution in [0.15, 0.2) is 60.7 Å². The third-order valence-electron chi connectivity index (χ3n) is 3.05. The minimum Gasteiger partial charge on any atom is -0.387 e. The van der Waals surface area contributed by atoms with Crippen molar-refractivity contribution in [3.63, 3.8) is 0 Å². The minimum atomic E-state index is -0.595. The van der Waals surface area contributed by atoms with E-state index < -0.39 is 6.10 Å². The van der Waals surface area contributed by atoms with Gasteiger partial charge in [0.25, 0.3) is 0 Å². The summed E-state index contributed by atoms with van der Waals surface area (Å²) in [5, 5.41) is 10.6. The van der Waals surface area contributed by atoms with Crippen molar-refractivity contribution in [2.45, 2.75) is 25.4 Å². The summed E-state index contributed by atoms with van der Waals surface area (Å²) in [4.78, 5) is 0. The fraction of sp³-hybridized carbons (Fsp3) is 0.222. The third kappa shape index (κ3) is 3.47. The summed E-state index contributed by atoms with van der Waals surface area (Å²) in [5.74, 6) is 6.09. The molecule has 0 aliphatic rings. The molecule has 0 spiro atoms. The van der Waals surface area contributed by atoms with Crippen LogP contribution in [-0.2, 0) is 0 Å². The van der Waals surface area contributed by atoms with Gasteiger partial charge in [0.15, 0.2) is 0 Å². The molecule has 0 amide bonds. The van der Waals surface area contributed by atoms with Crippen LogP contribution in [-0.4, -0.2) is 5.11 Å². The largest absolute Gasteiger partial charge is 0.387 e. The molecule has 0 aliphatic heterocycles. The van der Waals surface area contributed by atoms with Gasteiger partial charge >= 0.3 is 0 Å². The van der Waals surface area contributed by atoms with Gasteiger partial charge in [0.2, 0.25) is 0 Å². The van der Waals surface area contributed by atoms with E-state index in [0.717, 1.165) is 17.5 Å². The van der Waals surface area contributed by atoms with E-state index >= 15 is 0 Å². The molecule has 0 unspecified atom stereocenters. The highest BCUT2D eigenvalue weighted by Gasteiger charge is 2.20. The molecular formula is C18H18O. The molecule has 96 valence electrons. The average molecular weight is 250 g/mol. The van der Waals surface area contributed by atoms with Crippen molar-refractivity contribution >= 4 is 0 Å². The lowest BCUT2D eigenvalue weighted by Crippen LogP contribution is -2.09. The molecule has 0 aliphatic carbocycles. The third-order valence-corrected chi connectivity index (χ3v) is 3.05. The Morgan fingerprint density at radius 2 is 1.42 bits per heavy atom. The van der Waals surface area contributed by atoms with Crippen molar-refractivity contribution in [3.8, 4) is 11.8 Å². The van der Waals surface area contributed by atoms with E-state index in [0.29, 0.717) is 0 Å². The first-order valence-corrected chi connectivity index (χ1v) is 6.59. The van der Waals surface area contributed by atoms with Crippen LogP contribution in [0.5, 0.6) is 0 Å². The second-order valence-corrected chi connectivity index (χ2v) is 4.42. The van der Waals surface area contributed by atoms with E-state index in [1.807, 2.05) is 67.6 Å². The van der Waals surface area contributed by atoms with Crippen molar-refractivity contribution in [2.24, 2.45) is 0 Å². The molecule has 2 atom stereocenters. The standard InChI is InChI=1S/C18H18O/c1-2-3-14-17(15-10-6-4-7-11-15)18(19)16-12-8-5-9-13-16/h4-13,17-19H,2H2,1H3/t17-,18+/m1/s1. The average Bonchev–Trinajstić information content (AvgIpc) is 2.49. The van der Waals surface area contributed by atoms with Crippen molar-refractivity contribution < 1.29 is 5.11 Å². The van der Waals surface area contributed by atoms with Crippen LogP contribution in [0.3, 0.4) is 0 Å². The lowest BCUT2D eigenvalue weighted by molar-refractivity contribution is 0.165. The van der Waals surface area contributed by atoms with Crippen molar-refractivity contribution in [1.29, 1.82) is 0 Å². The molecule has 0 heterocycles. The highest BCUT2D eigenvalue weighted by molar-refractivity contribution is 5.33. The maximum atomic E-state index is 10.6. The zero-order valence-electron chi connectivity index (χ0n) is 11.1. The molecule has 0 bridgehead atoms. The molecule has 0 fully saturated rings. The van der Waals surface area contributed by atoms with Gasteiger partial charge in [-0.3, -0.25) is 0 Å². The zero-order chi connectivity index (χ0) is 13.5. The molecule has 2 rings (SSSR count). The van der Waals surface area contributed by atoms with E-state index in [-0.39, 0.29) is 5.92 Å². The van der Waals surface area contributed by atoms with Crippen molar-refractivity contribution in [1.82, 2.24) is 0 Å². The van der Waals surface area contributed by atoms with E-state index in [1.54, 1.807) is 0 Å². The monoisotopic (exact) mass is 250 g/mol. The highest BCUT2D eigenvalue weighted by atomic mass is 16.3. The number of hydrogen-bond donors (Lipinski definition) is 1. The minimum absolute atomic E-state index is 0.177. The van der Waals surface area contributed by atoms with Crippen LogP contribution >= 0.6 is 0 Å². The molecule has 1 nitrogen and oxygen atoms in total. The molecule has 2 aromatic rings. The molecule has 1 N–H and O–H groups in total. The molecule has 0 aromatic heterocycles. The quantitative estimate of drug-likeness (QED) is 0.819. The van der Waals surface area contributed by atoms with Gasteiger partial charge in [-0.25, -0.2) is 0 Å². The summed E-state index contributed by atoms with van der Waals surface area (Å²) in [7, 11) is 0. The maximum Gasteiger partial charge on any atom is 0.0968 e. The lowest BCUT2D eigenvalue weighted by Gasteiger charge is -2.19. The predicted molar refractivity (Wildman–Crippen MR) is 78.7 cm³/mol. The van der Waals surface area contributed by atoms with Gasteiger partial charge in [0.05, 0.1) is 12.0 Å². The van der Waals surface area contributed by atoms with Gasteiger partial charge < -0.3 is 5.11 Å². The van der Waals surface area contributed by atoms with Gasteiger partial charge in [0, 0.05) is 6.42 Å². The molecule has 0 saturated heterocycles. The SMILES string of the molecule is CCC#C[C@H](c1ccccc1)[C@@H](O)c1ccccc1. The molecule has 0 radical (unpaired) electrons. The van der Waals surface area contributed by atoms with Crippen LogP contribution in [0.1, 0.15) is 36.5 Å². The Kier molecular flexibility index (Phi) is 4.78. The highest BCUT2D eigenvalue weighted by Crippen LogP contribution is 2.30. The maximum absolute atomic E-state index is 10.6. The Morgan fingerprint density at radius 3 is 1.95 bits per heavy atom. The number of rotatable bonds is 3. The second-order valence-electron chi connectivity index (χ2n) is 4.42. The van der Waals surface area contributed by atoms with Gasteiger partial charge in [-0.15, -0.1) is 5.92 Å². The van der Waals surface area contributed by atoms with Crippen LogP contribution in [0, 0.1) is 11.8 Å². The predicted octanol–water partition coefficient (Wildman–Crippen LogP) is 3.92. The first-order valence-electron chi connectivity index (χ1n) is 6.59. The van der Waals surface area contributed by atoms with E-state index in [4.69, 9.17) is 0 Å². The van der Waals surface area contributed by atoms with E-state index in [9.17, 15) is 5.11 Å². The van der Waals surface area contributed by atoms with Gasteiger partial charge in [-0.1, -0.05) is 73.5 Å². The summed E-state index contributed by atoms with van der Waals surface area (Å²) in [6, 6.07) is 19.7. The van der Waals surface area contributed by atoms with E-state index in [2.05, 4.69) is 11.8 Å². The molecule has 19 heavy (non-hydrogen) atoms. The Morgan fingerprint density at radius 1 is 0.895 bits per heavy atom. The van der Waals surface area contributed by atoms with Crippen LogP contribution in [0.4, 0.5) is 0 Å². The Labute approximate surface area is 114 Å². The molecule has 2 aromatic carbocycles. The van der Waals surface area contributed by atoms with Gasteiger partial charge in [0.1, 0.15) is 0 Å². The Balaban J connectivity index is 2.33. The Hall–Kier alpha value is -2.04. The van der Waals surface area contributed by atoms with Crippen LogP contribution in [0.25, 0.3) is 0 Å². The number of hydrogen-bond acceptors (Lipinski definition) is 1. The van der Waals surface area contributed by atoms with Gasteiger partial charge in [-0.2, -0.15) is 0 Å². The van der Waals surface area contributed by atoms with Crippen LogP contribution < -0.4 is 0 Å². The first-order chi connectivity index (χ1) is 9.33. The normalized spacial score (nSPS) is 13.2. The molecule has 0 saturated carbocycles. The van der Waals surface area contributed by atoms with Gasteiger partial charge in [-0.05, 0) is 11.1 Å². The number of aliphatic hydroxyl groups excluding tert-OH is 1. The summed E-state index contributed by atoms with van der Waals surface area (Å²) < 4.78 is 0. The number of benzene rings is 2. The van der Waals surface area contributed by atoms with Crippen molar-refractivity contribution in [3.05, 3.63) is 71.8 Å². The fourth-order valence-corrected chi connectivity index (χ4v) is 2.06. The van der Waals surface area contributed by atoms with Crippen LogP contribution in [0.2, 0.25) is 0 Å². The summed E-state index contributed by atoms with van der Waals surface area (Å²) in [6.45, 7) is 2.02. The van der Waals surface area contributed by atoms with E-state index in [1.165, 1.54) is 0 Å². The summed E-state index contributed by atoms with van der Waals surface area (Å²) in [6.07, 6.45) is 0.202. The molecular weight excluding hydrogens is 232 g/mol. The topological polar surface area (TPSA) is 20.2 Å². The first kappa shape index (κ1) is 13.4. The second kappa shape index (κ2) is 6.78. The summed E-state index contributed by atoms with van der Waals surface area (Å²) >= 11 is 0. The number of aliphatic hydroxyl groups is 1. The molecule has 1 heteroatoms. The fourth-order valence-electron chi connectivity index (χ4n) is 2.06. The Bertz CT molecular complexity index is 548. The smallest absolute Gasteiger partial charge is 0.0968 e. The lowest BCUT2D eigenvalue weighted by atomic mass is 9.89. The zero-order valence-corrected chi connectivity index (χ0v) is 11.1.